The Hall–Kier alpha value is -2.25. The molecule has 0 bridgehead atoms. The van der Waals surface area contributed by atoms with E-state index in [-0.39, 0.29) is 17.1 Å². The fraction of sp³-hybridized carbons (Fsp3) is 0.200. The molecule has 6 nitrogen and oxygen atoms in total. The average molecular weight is 321 g/mol. The molecule has 1 aromatic heterocycles. The summed E-state index contributed by atoms with van der Waals surface area (Å²) in [6.45, 7) is 3.41. The number of benzene rings is 1. The van der Waals surface area contributed by atoms with Gasteiger partial charge < -0.3 is 4.18 Å². The highest BCUT2D eigenvalue weighted by molar-refractivity contribution is 7.81. The van der Waals surface area contributed by atoms with E-state index in [2.05, 4.69) is 9.17 Å². The summed E-state index contributed by atoms with van der Waals surface area (Å²) < 4.78 is 35.1. The lowest BCUT2D eigenvalue weighted by atomic mass is 9.78. The first kappa shape index (κ1) is 16.1. The molecule has 0 amide bonds. The van der Waals surface area contributed by atoms with Gasteiger partial charge in [-0.25, -0.2) is 0 Å². The van der Waals surface area contributed by atoms with E-state index in [0.29, 0.717) is 5.56 Å². The van der Waals surface area contributed by atoms with Gasteiger partial charge in [0.05, 0.1) is 11.0 Å². The normalized spacial score (nSPS) is 12.0. The number of Topliss-reactive ketones (excluding diaryl/α,β-unsaturated/α-hetero) is 1. The highest BCUT2D eigenvalue weighted by Crippen LogP contribution is 2.31. The van der Waals surface area contributed by atoms with Gasteiger partial charge in [-0.2, -0.15) is 8.42 Å². The molecule has 0 unspecified atom stereocenters. The molecule has 0 atom stereocenters. The maximum absolute atomic E-state index is 12.8. The van der Waals surface area contributed by atoms with Crippen LogP contribution in [0.5, 0.6) is 5.75 Å². The van der Waals surface area contributed by atoms with E-state index in [1.54, 1.807) is 44.4 Å². The van der Waals surface area contributed by atoms with E-state index < -0.39 is 15.8 Å². The van der Waals surface area contributed by atoms with Gasteiger partial charge in [0.2, 0.25) is 0 Å². The third-order valence-corrected chi connectivity index (χ3v) is 3.67. The Bertz CT molecular complexity index is 785. The molecule has 0 radical (unpaired) electrons. The Morgan fingerprint density at radius 1 is 1.18 bits per heavy atom. The first-order valence-corrected chi connectivity index (χ1v) is 7.79. The molecule has 0 saturated carbocycles. The van der Waals surface area contributed by atoms with Gasteiger partial charge in [-0.15, -0.1) is 0 Å². The zero-order valence-corrected chi connectivity index (χ0v) is 12.9. The third-order valence-electron chi connectivity index (χ3n) is 3.28. The summed E-state index contributed by atoms with van der Waals surface area (Å²) in [5, 5.41) is 0. The molecule has 0 spiro atoms. The van der Waals surface area contributed by atoms with Crippen molar-refractivity contribution >= 4 is 16.2 Å². The van der Waals surface area contributed by atoms with Crippen molar-refractivity contribution in [3.05, 3.63) is 59.9 Å². The summed E-state index contributed by atoms with van der Waals surface area (Å²) >= 11 is 0. The van der Waals surface area contributed by atoms with E-state index in [0.717, 1.165) is 0 Å². The highest BCUT2D eigenvalue weighted by Gasteiger charge is 2.33. The molecule has 116 valence electrons. The summed E-state index contributed by atoms with van der Waals surface area (Å²) in [7, 11) is -4.71. The minimum absolute atomic E-state index is 0.0639. The number of rotatable bonds is 5. The van der Waals surface area contributed by atoms with Crippen molar-refractivity contribution in [3.63, 3.8) is 0 Å². The van der Waals surface area contributed by atoms with E-state index >= 15 is 0 Å². The van der Waals surface area contributed by atoms with Gasteiger partial charge in [0.15, 0.2) is 11.5 Å². The van der Waals surface area contributed by atoms with Crippen LogP contribution in [0.3, 0.4) is 0 Å². The maximum atomic E-state index is 12.8. The number of pyridine rings is 1. The van der Waals surface area contributed by atoms with Crippen LogP contribution in [0, 0.1) is 0 Å². The van der Waals surface area contributed by atoms with Crippen LogP contribution in [0.15, 0.2) is 48.8 Å². The van der Waals surface area contributed by atoms with Gasteiger partial charge >= 0.3 is 10.4 Å². The third kappa shape index (κ3) is 3.49. The number of para-hydroxylation sites is 1. The minimum Gasteiger partial charge on any atom is -0.361 e. The first-order chi connectivity index (χ1) is 10.2. The number of carbonyl (C=O) groups excluding carboxylic acids is 1. The Morgan fingerprint density at radius 3 is 2.45 bits per heavy atom. The summed E-state index contributed by atoms with van der Waals surface area (Å²) in [4.78, 5) is 16.8. The Balaban J connectivity index is 2.46. The molecular formula is C15H15NO5S. The summed E-state index contributed by atoms with van der Waals surface area (Å²) in [6.07, 6.45) is 3.17. The Kier molecular flexibility index (Phi) is 4.30. The average Bonchev–Trinajstić information content (AvgIpc) is 2.46. The van der Waals surface area contributed by atoms with Gasteiger partial charge in [0.25, 0.3) is 0 Å². The van der Waals surface area contributed by atoms with Crippen molar-refractivity contribution < 1.29 is 21.9 Å². The molecule has 7 heteroatoms. The quantitative estimate of drug-likeness (QED) is 0.671. The number of ketones is 1. The molecule has 22 heavy (non-hydrogen) atoms. The van der Waals surface area contributed by atoms with E-state index in [4.69, 9.17) is 4.55 Å². The summed E-state index contributed by atoms with van der Waals surface area (Å²) in [5.41, 5.74) is -0.192. The topological polar surface area (TPSA) is 93.6 Å². The van der Waals surface area contributed by atoms with Crippen molar-refractivity contribution in [2.45, 2.75) is 19.3 Å². The molecule has 1 N–H and O–H groups in total. The SMILES string of the molecule is CC(C)(C(=O)c1ccccc1OS(=O)(=O)O)c1cccnc1. The molecule has 2 aromatic rings. The van der Waals surface area contributed by atoms with Crippen LogP contribution in [-0.2, 0) is 15.8 Å². The largest absolute Gasteiger partial charge is 0.446 e. The number of carbonyl (C=O) groups is 1. The van der Waals surface area contributed by atoms with Crippen LogP contribution in [0.2, 0.25) is 0 Å². The highest BCUT2D eigenvalue weighted by atomic mass is 32.3. The molecule has 0 aliphatic rings. The zero-order chi connectivity index (χ0) is 16.4. The Morgan fingerprint density at radius 2 is 1.86 bits per heavy atom. The standard InChI is InChI=1S/C15H15NO5S/c1-15(2,11-6-5-9-16-10-11)14(17)12-7-3-4-8-13(12)21-22(18,19)20/h3-10H,1-2H3,(H,18,19,20). The fourth-order valence-corrected chi connectivity index (χ4v) is 2.41. The van der Waals surface area contributed by atoms with Crippen LogP contribution in [0.4, 0.5) is 0 Å². The molecule has 1 heterocycles. The minimum atomic E-state index is -4.71. The van der Waals surface area contributed by atoms with Gasteiger partial charge in [0, 0.05) is 12.4 Å². The van der Waals surface area contributed by atoms with Crippen LogP contribution in [0.1, 0.15) is 29.8 Å². The summed E-state index contributed by atoms with van der Waals surface area (Å²) in [6, 6.07) is 9.32. The number of aromatic nitrogens is 1. The lowest BCUT2D eigenvalue weighted by Gasteiger charge is -2.24. The van der Waals surface area contributed by atoms with Gasteiger partial charge in [-0.3, -0.25) is 14.3 Å². The molecule has 0 aliphatic carbocycles. The van der Waals surface area contributed by atoms with Gasteiger partial charge in [0.1, 0.15) is 0 Å². The maximum Gasteiger partial charge on any atom is 0.446 e. The van der Waals surface area contributed by atoms with Crippen molar-refractivity contribution in [2.24, 2.45) is 0 Å². The predicted octanol–water partition coefficient (Wildman–Crippen LogP) is 2.42. The lowest BCUT2D eigenvalue weighted by Crippen LogP contribution is -2.30. The fourth-order valence-electron chi connectivity index (χ4n) is 2.04. The van der Waals surface area contributed by atoms with E-state index in [1.165, 1.54) is 18.2 Å². The van der Waals surface area contributed by atoms with Crippen LogP contribution >= 0.6 is 0 Å². The predicted molar refractivity (Wildman–Crippen MR) is 80.2 cm³/mol. The van der Waals surface area contributed by atoms with Crippen LogP contribution in [0.25, 0.3) is 0 Å². The zero-order valence-electron chi connectivity index (χ0n) is 12.1. The monoisotopic (exact) mass is 321 g/mol. The van der Waals surface area contributed by atoms with E-state index in [1.807, 2.05) is 0 Å². The van der Waals surface area contributed by atoms with Crippen molar-refractivity contribution in [3.8, 4) is 5.75 Å². The van der Waals surface area contributed by atoms with Crippen molar-refractivity contribution in [2.75, 3.05) is 0 Å². The van der Waals surface area contributed by atoms with Gasteiger partial charge in [-0.1, -0.05) is 18.2 Å². The number of hydrogen-bond acceptors (Lipinski definition) is 5. The first-order valence-electron chi connectivity index (χ1n) is 6.43. The second kappa shape index (κ2) is 5.86. The Labute approximate surface area is 128 Å². The lowest BCUT2D eigenvalue weighted by molar-refractivity contribution is 0.0907. The second-order valence-corrected chi connectivity index (χ2v) is 6.23. The molecule has 0 fully saturated rings. The molecular weight excluding hydrogens is 306 g/mol. The number of hydrogen-bond donors (Lipinski definition) is 1. The van der Waals surface area contributed by atoms with E-state index in [9.17, 15) is 13.2 Å². The molecule has 0 saturated heterocycles. The smallest absolute Gasteiger partial charge is 0.361 e. The van der Waals surface area contributed by atoms with Crippen LogP contribution in [-0.4, -0.2) is 23.7 Å². The molecule has 0 aliphatic heterocycles. The van der Waals surface area contributed by atoms with Crippen molar-refractivity contribution in [1.29, 1.82) is 0 Å². The molecule has 1 aromatic carbocycles. The van der Waals surface area contributed by atoms with Crippen molar-refractivity contribution in [1.82, 2.24) is 4.98 Å². The second-order valence-electron chi connectivity index (χ2n) is 5.20. The molecule has 2 rings (SSSR count). The summed E-state index contributed by atoms with van der Waals surface area (Å²) in [5.74, 6) is -0.563. The number of nitrogens with zero attached hydrogens (tertiary/aromatic N) is 1. The van der Waals surface area contributed by atoms with Gasteiger partial charge in [-0.05, 0) is 37.6 Å². The van der Waals surface area contributed by atoms with Crippen LogP contribution < -0.4 is 4.18 Å².